The molecule has 158 valence electrons. The van der Waals surface area contributed by atoms with Crippen molar-refractivity contribution in [3.63, 3.8) is 0 Å². The fraction of sp³-hybridized carbons (Fsp3) is 0.222. The zero-order valence-corrected chi connectivity index (χ0v) is 15.8. The molecule has 2 aromatic heterocycles. The fourth-order valence-corrected chi connectivity index (χ4v) is 2.51. The number of rotatable bonds is 7. The zero-order chi connectivity index (χ0) is 21.7. The van der Waals surface area contributed by atoms with Crippen molar-refractivity contribution >= 4 is 29.2 Å². The van der Waals surface area contributed by atoms with Gasteiger partial charge in [-0.25, -0.2) is 0 Å². The van der Waals surface area contributed by atoms with Crippen LogP contribution in [0.15, 0.2) is 45.5 Å². The van der Waals surface area contributed by atoms with E-state index in [1.54, 1.807) is 12.1 Å². The van der Waals surface area contributed by atoms with Crippen LogP contribution in [0.5, 0.6) is 0 Å². The lowest BCUT2D eigenvalue weighted by Gasteiger charge is -2.14. The smallest absolute Gasteiger partial charge is 0.418 e. The Morgan fingerprint density at radius 2 is 2.03 bits per heavy atom. The molecule has 1 aromatic carbocycles. The molecule has 3 rings (SSSR count). The van der Waals surface area contributed by atoms with Crippen LogP contribution in [0.1, 0.15) is 17.9 Å². The summed E-state index contributed by atoms with van der Waals surface area (Å²) < 4.78 is 53.9. The molecule has 0 atom stereocenters. The lowest BCUT2D eigenvalue weighted by Crippen LogP contribution is -2.22. The molecule has 12 heteroatoms. The number of carbonyl (C=O) groups excluding carboxylic acids is 2. The number of amides is 1. The van der Waals surface area contributed by atoms with Crippen molar-refractivity contribution in [2.75, 3.05) is 11.9 Å². The van der Waals surface area contributed by atoms with E-state index in [1.807, 2.05) is 5.32 Å². The van der Waals surface area contributed by atoms with E-state index in [0.717, 1.165) is 6.07 Å². The minimum absolute atomic E-state index is 0.0452. The van der Waals surface area contributed by atoms with Crippen LogP contribution < -0.4 is 5.32 Å². The number of anilines is 1. The van der Waals surface area contributed by atoms with E-state index < -0.39 is 35.9 Å². The molecule has 0 bridgehead atoms. The second-order valence-corrected chi connectivity index (χ2v) is 6.32. The minimum atomic E-state index is -4.72. The first-order chi connectivity index (χ1) is 14.2. The first kappa shape index (κ1) is 21.4. The van der Waals surface area contributed by atoms with Crippen LogP contribution >= 0.6 is 11.6 Å². The quantitative estimate of drug-likeness (QED) is 0.547. The van der Waals surface area contributed by atoms with Crippen LogP contribution in [-0.2, 0) is 26.9 Å². The third-order valence-corrected chi connectivity index (χ3v) is 3.91. The third kappa shape index (κ3) is 5.60. The topological polar surface area (TPSA) is 107 Å². The van der Waals surface area contributed by atoms with Crippen LogP contribution in [0.2, 0.25) is 5.02 Å². The number of ether oxygens (including phenoxy) is 1. The van der Waals surface area contributed by atoms with Gasteiger partial charge in [0.05, 0.1) is 23.9 Å². The number of aromatic nitrogens is 2. The van der Waals surface area contributed by atoms with E-state index in [2.05, 4.69) is 10.1 Å². The number of halogens is 4. The first-order valence-electron chi connectivity index (χ1n) is 8.41. The molecule has 1 amide bonds. The number of furan rings is 1. The lowest BCUT2D eigenvalue weighted by molar-refractivity contribution is -0.147. The molecule has 3 aromatic rings. The van der Waals surface area contributed by atoms with Crippen LogP contribution in [0.25, 0.3) is 11.6 Å². The number of nitrogens with one attached hydrogen (secondary N) is 1. The number of alkyl halides is 3. The van der Waals surface area contributed by atoms with Gasteiger partial charge in [-0.05, 0) is 30.3 Å². The van der Waals surface area contributed by atoms with Crippen molar-refractivity contribution in [1.82, 2.24) is 10.1 Å². The fourth-order valence-electron chi connectivity index (χ4n) is 2.34. The molecule has 30 heavy (non-hydrogen) atoms. The Kier molecular flexibility index (Phi) is 6.40. The summed E-state index contributed by atoms with van der Waals surface area (Å²) in [4.78, 5) is 27.7. The van der Waals surface area contributed by atoms with E-state index >= 15 is 0 Å². The van der Waals surface area contributed by atoms with Crippen molar-refractivity contribution in [3.8, 4) is 11.6 Å². The van der Waals surface area contributed by atoms with Crippen molar-refractivity contribution < 1.29 is 36.4 Å². The van der Waals surface area contributed by atoms with Gasteiger partial charge in [-0.15, -0.1) is 0 Å². The Labute approximate surface area is 172 Å². The molecule has 0 aliphatic carbocycles. The molecular weight excluding hydrogens is 431 g/mol. The maximum atomic E-state index is 13.0. The van der Waals surface area contributed by atoms with Gasteiger partial charge in [0.2, 0.25) is 11.7 Å². The Morgan fingerprint density at radius 1 is 1.23 bits per heavy atom. The largest absolute Gasteiger partial charge is 0.461 e. The molecule has 0 saturated heterocycles. The third-order valence-electron chi connectivity index (χ3n) is 3.68. The molecule has 0 spiro atoms. The number of carbonyl (C=O) groups is 2. The van der Waals surface area contributed by atoms with Crippen LogP contribution in [0.3, 0.4) is 0 Å². The summed E-state index contributed by atoms with van der Waals surface area (Å²) in [6.45, 7) is -0.764. The average Bonchev–Trinajstić information content (AvgIpc) is 3.37. The second kappa shape index (κ2) is 8.99. The molecule has 0 aliphatic heterocycles. The van der Waals surface area contributed by atoms with Gasteiger partial charge in [-0.2, -0.15) is 18.2 Å². The Morgan fingerprint density at radius 3 is 2.73 bits per heavy atom. The van der Waals surface area contributed by atoms with Gasteiger partial charge in [0, 0.05) is 11.4 Å². The van der Waals surface area contributed by atoms with Crippen LogP contribution in [0, 0.1) is 0 Å². The van der Waals surface area contributed by atoms with Gasteiger partial charge in [-0.3, -0.25) is 9.59 Å². The average molecular weight is 444 g/mol. The van der Waals surface area contributed by atoms with Gasteiger partial charge in [0.25, 0.3) is 5.91 Å². The highest BCUT2D eigenvalue weighted by atomic mass is 35.5. The van der Waals surface area contributed by atoms with Crippen LogP contribution in [0.4, 0.5) is 18.9 Å². The van der Waals surface area contributed by atoms with Crippen molar-refractivity contribution in [3.05, 3.63) is 53.1 Å². The molecule has 1 N–H and O–H groups in total. The predicted octanol–water partition coefficient (Wildman–Crippen LogP) is 4.12. The van der Waals surface area contributed by atoms with Crippen molar-refractivity contribution in [1.29, 1.82) is 0 Å². The van der Waals surface area contributed by atoms with Gasteiger partial charge >= 0.3 is 12.1 Å². The van der Waals surface area contributed by atoms with Crippen LogP contribution in [-0.4, -0.2) is 28.6 Å². The zero-order valence-electron chi connectivity index (χ0n) is 15.0. The van der Waals surface area contributed by atoms with Crippen molar-refractivity contribution in [2.24, 2.45) is 0 Å². The predicted molar refractivity (Wildman–Crippen MR) is 96.4 cm³/mol. The SMILES string of the molecule is O=C(COC(=O)CCc1nc(-c2ccco2)no1)Nc1ccc(Cl)cc1C(F)(F)F. The van der Waals surface area contributed by atoms with E-state index in [4.69, 9.17) is 25.3 Å². The highest BCUT2D eigenvalue weighted by Gasteiger charge is 2.34. The monoisotopic (exact) mass is 443 g/mol. The summed E-state index contributed by atoms with van der Waals surface area (Å²) in [6, 6.07) is 6.17. The molecule has 0 fully saturated rings. The molecule has 2 heterocycles. The first-order valence-corrected chi connectivity index (χ1v) is 8.79. The lowest BCUT2D eigenvalue weighted by atomic mass is 10.1. The standard InChI is InChI=1S/C18H13ClF3N3O5/c19-10-3-4-12(11(8-10)18(20,21)22)23-14(26)9-29-16(27)6-5-15-24-17(25-30-15)13-2-1-7-28-13/h1-4,7-8H,5-6,9H2,(H,23,26). The van der Waals surface area contributed by atoms with E-state index in [9.17, 15) is 22.8 Å². The summed E-state index contributed by atoms with van der Waals surface area (Å²) >= 11 is 5.57. The van der Waals surface area contributed by atoms with E-state index in [0.29, 0.717) is 11.8 Å². The maximum absolute atomic E-state index is 13.0. The molecule has 0 saturated carbocycles. The normalized spacial score (nSPS) is 11.3. The summed E-state index contributed by atoms with van der Waals surface area (Å²) in [6.07, 6.45) is -3.41. The highest BCUT2D eigenvalue weighted by Crippen LogP contribution is 2.36. The van der Waals surface area contributed by atoms with E-state index in [-0.39, 0.29) is 29.6 Å². The van der Waals surface area contributed by atoms with Gasteiger partial charge in [-0.1, -0.05) is 16.8 Å². The molecule has 0 unspecified atom stereocenters. The van der Waals surface area contributed by atoms with Gasteiger partial charge < -0.3 is 19.0 Å². The second-order valence-electron chi connectivity index (χ2n) is 5.89. The number of benzene rings is 1. The van der Waals surface area contributed by atoms with Gasteiger partial charge in [0.1, 0.15) is 0 Å². The molecule has 0 aliphatic rings. The Hall–Kier alpha value is -3.34. The summed E-state index contributed by atoms with van der Waals surface area (Å²) in [7, 11) is 0. The summed E-state index contributed by atoms with van der Waals surface area (Å²) in [5.41, 5.74) is -1.61. The van der Waals surface area contributed by atoms with Gasteiger partial charge in [0.15, 0.2) is 12.4 Å². The molecule has 8 nitrogen and oxygen atoms in total. The Balaban J connectivity index is 1.48. The number of nitrogens with zero attached hydrogens (tertiary/aromatic N) is 2. The molecular formula is C18H13ClF3N3O5. The number of esters is 1. The Bertz CT molecular complexity index is 1030. The number of hydrogen-bond donors (Lipinski definition) is 1. The maximum Gasteiger partial charge on any atom is 0.418 e. The summed E-state index contributed by atoms with van der Waals surface area (Å²) in [5, 5.41) is 5.60. The van der Waals surface area contributed by atoms with Crippen molar-refractivity contribution in [2.45, 2.75) is 19.0 Å². The minimum Gasteiger partial charge on any atom is -0.461 e. The summed E-state index contributed by atoms with van der Waals surface area (Å²) in [5.74, 6) is -0.946. The van der Waals surface area contributed by atoms with E-state index in [1.165, 1.54) is 12.3 Å². The number of aryl methyl sites for hydroxylation is 1. The number of hydrogen-bond acceptors (Lipinski definition) is 7. The highest BCUT2D eigenvalue weighted by molar-refractivity contribution is 6.30. The molecule has 0 radical (unpaired) electrons.